The second-order valence-electron chi connectivity index (χ2n) is 6.05. The maximum Gasteiger partial charge on any atom is 0.242 e. The Morgan fingerprint density at radius 1 is 1.19 bits per heavy atom. The van der Waals surface area contributed by atoms with Gasteiger partial charge in [-0.2, -0.15) is 10.2 Å². The fraction of sp³-hybridized carbons (Fsp3) is 0.176. The number of nitrogens with zero attached hydrogens (tertiary/aromatic N) is 6. The number of hydrogen-bond acceptors (Lipinski definition) is 6. The van der Waals surface area contributed by atoms with Gasteiger partial charge in [-0.3, -0.25) is 4.68 Å². The van der Waals surface area contributed by atoms with Crippen LogP contribution in [0.25, 0.3) is 16.9 Å². The number of aromatic nitrogens is 6. The van der Waals surface area contributed by atoms with Crippen molar-refractivity contribution in [3.8, 4) is 5.82 Å². The minimum absolute atomic E-state index is 0.104. The highest BCUT2D eigenvalue weighted by atomic mass is 32.2. The summed E-state index contributed by atoms with van der Waals surface area (Å²) in [5, 5.41) is 9.10. The van der Waals surface area contributed by atoms with Gasteiger partial charge in [-0.25, -0.2) is 27.8 Å². The molecule has 4 rings (SSSR count). The summed E-state index contributed by atoms with van der Waals surface area (Å²) in [6.45, 7) is 1.95. The molecule has 4 aromatic rings. The zero-order chi connectivity index (χ0) is 19.0. The first-order valence-electron chi connectivity index (χ1n) is 8.18. The molecule has 0 aliphatic rings. The van der Waals surface area contributed by atoms with Crippen molar-refractivity contribution in [3.05, 3.63) is 60.3 Å². The van der Waals surface area contributed by atoms with Gasteiger partial charge in [-0.1, -0.05) is 0 Å². The fourth-order valence-electron chi connectivity index (χ4n) is 2.80. The second kappa shape index (κ2) is 6.56. The maximum absolute atomic E-state index is 12.7. The van der Waals surface area contributed by atoms with E-state index < -0.39 is 10.0 Å². The lowest BCUT2D eigenvalue weighted by atomic mass is 10.2. The van der Waals surface area contributed by atoms with Crippen LogP contribution in [0.15, 0.2) is 53.9 Å². The third kappa shape index (κ3) is 3.32. The Morgan fingerprint density at radius 2 is 2.04 bits per heavy atom. The maximum atomic E-state index is 12.7. The first kappa shape index (κ1) is 17.3. The van der Waals surface area contributed by atoms with Gasteiger partial charge in [-0.15, -0.1) is 0 Å². The largest absolute Gasteiger partial charge is 0.250 e. The zero-order valence-corrected chi connectivity index (χ0v) is 15.6. The number of aryl methyl sites for hydroxylation is 2. The molecule has 4 aromatic heterocycles. The van der Waals surface area contributed by atoms with Crippen LogP contribution in [0.5, 0.6) is 0 Å². The topological polar surface area (TPSA) is 108 Å². The van der Waals surface area contributed by atoms with Crippen molar-refractivity contribution in [2.45, 2.75) is 18.4 Å². The van der Waals surface area contributed by atoms with Gasteiger partial charge < -0.3 is 0 Å². The minimum atomic E-state index is -3.72. The highest BCUT2D eigenvalue weighted by molar-refractivity contribution is 7.89. The molecule has 0 saturated carbocycles. The summed E-state index contributed by atoms with van der Waals surface area (Å²) in [6, 6.07) is 6.92. The van der Waals surface area contributed by atoms with Crippen molar-refractivity contribution in [2.24, 2.45) is 7.05 Å². The summed E-state index contributed by atoms with van der Waals surface area (Å²) in [5.74, 6) is 0.616. The highest BCUT2D eigenvalue weighted by Crippen LogP contribution is 2.19. The van der Waals surface area contributed by atoms with E-state index in [4.69, 9.17) is 0 Å². The molecule has 0 atom stereocenters. The van der Waals surface area contributed by atoms with Gasteiger partial charge in [-0.05, 0) is 36.8 Å². The lowest BCUT2D eigenvalue weighted by Crippen LogP contribution is -2.23. The SMILES string of the molecule is Cc1nn(C)c2ncc(S(=O)(=O)NCc3ccnc(-n4cccn4)c3)cc12. The van der Waals surface area contributed by atoms with Gasteiger partial charge in [0.2, 0.25) is 10.0 Å². The van der Waals surface area contributed by atoms with Crippen LogP contribution in [0.2, 0.25) is 0 Å². The summed E-state index contributed by atoms with van der Waals surface area (Å²) in [6.07, 6.45) is 6.38. The van der Waals surface area contributed by atoms with Crippen LogP contribution in [0.4, 0.5) is 0 Å². The molecule has 138 valence electrons. The summed E-state index contributed by atoms with van der Waals surface area (Å²) < 4.78 is 31.2. The molecular formula is C17H17N7O2S. The second-order valence-corrected chi connectivity index (χ2v) is 7.82. The molecule has 0 aromatic carbocycles. The van der Waals surface area contributed by atoms with Gasteiger partial charge in [0.1, 0.15) is 4.90 Å². The Kier molecular flexibility index (Phi) is 4.21. The van der Waals surface area contributed by atoms with E-state index in [2.05, 4.69) is 24.9 Å². The van der Waals surface area contributed by atoms with Crippen molar-refractivity contribution >= 4 is 21.1 Å². The van der Waals surface area contributed by atoms with Crippen molar-refractivity contribution < 1.29 is 8.42 Å². The molecule has 1 N–H and O–H groups in total. The quantitative estimate of drug-likeness (QED) is 0.557. The van der Waals surface area contributed by atoms with Crippen LogP contribution in [0, 0.1) is 6.92 Å². The first-order chi connectivity index (χ1) is 12.9. The van der Waals surface area contributed by atoms with Gasteiger partial charge in [0, 0.05) is 43.8 Å². The van der Waals surface area contributed by atoms with E-state index in [-0.39, 0.29) is 11.4 Å². The Morgan fingerprint density at radius 3 is 2.81 bits per heavy atom. The Bertz CT molecular complexity index is 1210. The average molecular weight is 383 g/mol. The summed E-state index contributed by atoms with van der Waals surface area (Å²) >= 11 is 0. The van der Waals surface area contributed by atoms with Gasteiger partial charge in [0.15, 0.2) is 11.5 Å². The predicted octanol–water partition coefficient (Wildman–Crippen LogP) is 1.34. The third-order valence-electron chi connectivity index (χ3n) is 4.16. The summed E-state index contributed by atoms with van der Waals surface area (Å²) in [4.78, 5) is 8.57. The molecule has 0 aliphatic carbocycles. The van der Waals surface area contributed by atoms with Crippen molar-refractivity contribution in [1.29, 1.82) is 0 Å². The number of rotatable bonds is 5. The van der Waals surface area contributed by atoms with Crippen LogP contribution in [0.3, 0.4) is 0 Å². The van der Waals surface area contributed by atoms with E-state index >= 15 is 0 Å². The molecule has 0 unspecified atom stereocenters. The Balaban J connectivity index is 1.57. The van der Waals surface area contributed by atoms with Gasteiger partial charge >= 0.3 is 0 Å². The van der Waals surface area contributed by atoms with Crippen molar-refractivity contribution in [2.75, 3.05) is 0 Å². The molecule has 0 bridgehead atoms. The molecule has 0 amide bonds. The van der Waals surface area contributed by atoms with Crippen LogP contribution < -0.4 is 4.72 Å². The number of pyridine rings is 2. The van der Waals surface area contributed by atoms with Crippen LogP contribution in [-0.2, 0) is 23.6 Å². The average Bonchev–Trinajstić information content (AvgIpc) is 3.29. The molecule has 10 heteroatoms. The molecule has 0 radical (unpaired) electrons. The van der Waals surface area contributed by atoms with E-state index in [1.54, 1.807) is 59.3 Å². The summed E-state index contributed by atoms with van der Waals surface area (Å²) in [7, 11) is -1.94. The van der Waals surface area contributed by atoms with E-state index in [9.17, 15) is 8.42 Å². The molecular weight excluding hydrogens is 366 g/mol. The van der Waals surface area contributed by atoms with Crippen LogP contribution in [0.1, 0.15) is 11.3 Å². The molecule has 0 spiro atoms. The third-order valence-corrected chi connectivity index (χ3v) is 5.53. The monoisotopic (exact) mass is 383 g/mol. The van der Waals surface area contributed by atoms with Gasteiger partial charge in [0.25, 0.3) is 0 Å². The molecule has 0 aliphatic heterocycles. The first-order valence-corrected chi connectivity index (χ1v) is 9.66. The van der Waals surface area contributed by atoms with Crippen molar-refractivity contribution in [1.82, 2.24) is 34.3 Å². The molecule has 0 saturated heterocycles. The van der Waals surface area contributed by atoms with Gasteiger partial charge in [0.05, 0.1) is 5.69 Å². The standard InChI is InChI=1S/C17H17N7O2S/c1-12-15-9-14(11-19-17(15)23(2)22-12)27(25,26)21-10-13-4-6-18-16(8-13)24-7-3-5-20-24/h3-9,11,21H,10H2,1-2H3. The van der Waals surface area contributed by atoms with Crippen LogP contribution in [-0.4, -0.2) is 37.9 Å². The normalized spacial score (nSPS) is 11.9. The summed E-state index contributed by atoms with van der Waals surface area (Å²) in [5.41, 5.74) is 2.14. The Hall–Kier alpha value is -3.11. The van der Waals surface area contributed by atoms with E-state index in [0.717, 1.165) is 11.3 Å². The number of fused-ring (bicyclic) bond motifs is 1. The molecule has 27 heavy (non-hydrogen) atoms. The van der Waals surface area contributed by atoms with E-state index in [1.165, 1.54) is 6.20 Å². The minimum Gasteiger partial charge on any atom is -0.250 e. The zero-order valence-electron chi connectivity index (χ0n) is 14.7. The molecule has 9 nitrogen and oxygen atoms in total. The molecule has 4 heterocycles. The van der Waals surface area contributed by atoms with E-state index in [1.807, 2.05) is 6.92 Å². The number of nitrogens with one attached hydrogen (secondary N) is 1. The lowest BCUT2D eigenvalue weighted by Gasteiger charge is -2.08. The Labute approximate surface area is 155 Å². The highest BCUT2D eigenvalue weighted by Gasteiger charge is 2.17. The fourth-order valence-corrected chi connectivity index (χ4v) is 3.79. The predicted molar refractivity (Wildman–Crippen MR) is 98.6 cm³/mol. The number of hydrogen-bond donors (Lipinski definition) is 1. The molecule has 0 fully saturated rings. The smallest absolute Gasteiger partial charge is 0.242 e. The van der Waals surface area contributed by atoms with E-state index in [0.29, 0.717) is 16.9 Å². The van der Waals surface area contributed by atoms with Crippen molar-refractivity contribution in [3.63, 3.8) is 0 Å². The lowest BCUT2D eigenvalue weighted by molar-refractivity contribution is 0.581. The number of sulfonamides is 1. The van der Waals surface area contributed by atoms with Crippen LogP contribution >= 0.6 is 0 Å².